The molecular weight excluding hydrogens is 494 g/mol. The van der Waals surface area contributed by atoms with Crippen molar-refractivity contribution in [3.8, 4) is 5.69 Å². The summed E-state index contributed by atoms with van der Waals surface area (Å²) in [7, 11) is 0. The molecule has 8 nitrogen and oxygen atoms in total. The lowest BCUT2D eigenvalue weighted by Crippen LogP contribution is -2.38. The summed E-state index contributed by atoms with van der Waals surface area (Å²) < 4.78 is 12.8. The third-order valence-electron chi connectivity index (χ3n) is 6.45. The minimum atomic E-state index is -0.631. The van der Waals surface area contributed by atoms with E-state index in [1.807, 2.05) is 90.1 Å². The topological polar surface area (TPSA) is 90.7 Å². The Hall–Kier alpha value is -3.68. The molecule has 2 aromatic carbocycles. The molecule has 2 heterocycles. The summed E-state index contributed by atoms with van der Waals surface area (Å²) in [5, 5.41) is 0.524. The maximum Gasteiger partial charge on any atom is 0.410 e. The molecule has 4 rings (SSSR count). The molecule has 0 N–H and O–H groups in total. The lowest BCUT2D eigenvalue weighted by atomic mass is 10.0. The van der Waals surface area contributed by atoms with Gasteiger partial charge in [0.15, 0.2) is 0 Å². The predicted molar refractivity (Wildman–Crippen MR) is 151 cm³/mol. The molecule has 0 spiro atoms. The van der Waals surface area contributed by atoms with E-state index in [9.17, 15) is 14.4 Å². The number of rotatable bonds is 6. The number of likely N-dealkylation sites (tertiary alicyclic amines) is 1. The second-order valence-electron chi connectivity index (χ2n) is 12.0. The van der Waals surface area contributed by atoms with Gasteiger partial charge in [-0.05, 0) is 91.0 Å². The van der Waals surface area contributed by atoms with Gasteiger partial charge >= 0.3 is 12.1 Å². The number of aromatic nitrogens is 2. The fourth-order valence-corrected chi connectivity index (χ4v) is 4.96. The molecule has 8 heteroatoms. The maximum atomic E-state index is 14.2. The first-order chi connectivity index (χ1) is 18.3. The van der Waals surface area contributed by atoms with Gasteiger partial charge in [0.25, 0.3) is 5.56 Å². The van der Waals surface area contributed by atoms with Crippen LogP contribution in [-0.2, 0) is 20.7 Å². The van der Waals surface area contributed by atoms with Crippen LogP contribution in [0.5, 0.6) is 0 Å². The third-order valence-corrected chi connectivity index (χ3v) is 6.45. The van der Waals surface area contributed by atoms with Gasteiger partial charge in [0.1, 0.15) is 17.0 Å². The van der Waals surface area contributed by atoms with Crippen LogP contribution in [-0.4, -0.2) is 44.3 Å². The van der Waals surface area contributed by atoms with E-state index in [0.29, 0.717) is 48.2 Å². The van der Waals surface area contributed by atoms with Crippen LogP contribution in [0.2, 0.25) is 0 Å². The number of esters is 1. The molecule has 0 aliphatic carbocycles. The number of ether oxygens (including phenoxy) is 2. The van der Waals surface area contributed by atoms with Crippen LogP contribution in [0.4, 0.5) is 4.79 Å². The highest BCUT2D eigenvalue weighted by molar-refractivity contribution is 5.82. The SMILES string of the molecule is CC(C)(C)OC(=O)CCCc1cccc2nc([C@@H]3CCCN3C(=O)OC(C)(C)C)n(-c3ccccc3)c(=O)c12. The highest BCUT2D eigenvalue weighted by Crippen LogP contribution is 2.34. The molecule has 1 amide bonds. The van der Waals surface area contributed by atoms with Crippen LogP contribution in [0.15, 0.2) is 53.3 Å². The van der Waals surface area contributed by atoms with Gasteiger partial charge in [-0.25, -0.2) is 9.78 Å². The molecule has 0 bridgehead atoms. The smallest absolute Gasteiger partial charge is 0.410 e. The first-order valence-electron chi connectivity index (χ1n) is 13.7. The number of hydrogen-bond acceptors (Lipinski definition) is 6. The second-order valence-corrected chi connectivity index (χ2v) is 12.0. The summed E-state index contributed by atoms with van der Waals surface area (Å²) in [6.45, 7) is 11.6. The Morgan fingerprint density at radius 1 is 0.949 bits per heavy atom. The Kier molecular flexibility index (Phi) is 8.14. The summed E-state index contributed by atoms with van der Waals surface area (Å²) >= 11 is 0. The Bertz CT molecular complexity index is 1400. The van der Waals surface area contributed by atoms with E-state index < -0.39 is 23.3 Å². The molecule has 1 saturated heterocycles. The zero-order chi connectivity index (χ0) is 28.4. The van der Waals surface area contributed by atoms with Crippen molar-refractivity contribution >= 4 is 23.0 Å². The van der Waals surface area contributed by atoms with Crippen LogP contribution in [0.1, 0.15) is 84.7 Å². The molecule has 0 saturated carbocycles. The Morgan fingerprint density at radius 2 is 1.64 bits per heavy atom. The number of hydrogen-bond donors (Lipinski definition) is 0. The van der Waals surface area contributed by atoms with Gasteiger partial charge in [0.2, 0.25) is 0 Å². The average Bonchev–Trinajstić information content (AvgIpc) is 3.32. The third kappa shape index (κ3) is 6.85. The molecule has 1 aliphatic heterocycles. The van der Waals surface area contributed by atoms with E-state index in [1.54, 1.807) is 9.47 Å². The number of amides is 1. The van der Waals surface area contributed by atoms with E-state index in [2.05, 4.69) is 0 Å². The molecule has 208 valence electrons. The molecule has 0 unspecified atom stereocenters. The molecule has 1 atom stereocenters. The van der Waals surface area contributed by atoms with Crippen molar-refractivity contribution in [1.82, 2.24) is 14.5 Å². The van der Waals surface area contributed by atoms with Gasteiger partial charge in [-0.15, -0.1) is 0 Å². The van der Waals surface area contributed by atoms with Crippen molar-refractivity contribution in [1.29, 1.82) is 0 Å². The Morgan fingerprint density at radius 3 is 2.31 bits per heavy atom. The van der Waals surface area contributed by atoms with E-state index in [4.69, 9.17) is 14.5 Å². The van der Waals surface area contributed by atoms with Crippen molar-refractivity contribution in [3.63, 3.8) is 0 Å². The van der Waals surface area contributed by atoms with E-state index in [1.165, 1.54) is 0 Å². The number of fused-ring (bicyclic) bond motifs is 1. The average molecular weight is 534 g/mol. The minimum Gasteiger partial charge on any atom is -0.460 e. The van der Waals surface area contributed by atoms with Crippen molar-refractivity contribution in [2.45, 2.75) is 90.9 Å². The summed E-state index contributed by atoms with van der Waals surface area (Å²) in [6, 6.07) is 14.6. The summed E-state index contributed by atoms with van der Waals surface area (Å²) in [5.41, 5.74) is 0.743. The van der Waals surface area contributed by atoms with Crippen molar-refractivity contribution < 1.29 is 19.1 Å². The van der Waals surface area contributed by atoms with Crippen LogP contribution in [0.25, 0.3) is 16.6 Å². The van der Waals surface area contributed by atoms with Gasteiger partial charge in [-0.3, -0.25) is 19.1 Å². The Labute approximate surface area is 229 Å². The molecule has 3 aromatic rings. The highest BCUT2D eigenvalue weighted by atomic mass is 16.6. The summed E-state index contributed by atoms with van der Waals surface area (Å²) in [5.74, 6) is 0.265. The normalized spacial score (nSPS) is 15.9. The first-order valence-corrected chi connectivity index (χ1v) is 13.7. The van der Waals surface area contributed by atoms with Crippen molar-refractivity contribution in [2.75, 3.05) is 6.54 Å². The second kappa shape index (κ2) is 11.2. The van der Waals surface area contributed by atoms with Crippen molar-refractivity contribution in [3.05, 3.63) is 70.3 Å². The zero-order valence-electron chi connectivity index (χ0n) is 23.8. The monoisotopic (exact) mass is 533 g/mol. The largest absolute Gasteiger partial charge is 0.460 e. The van der Waals surface area contributed by atoms with Gasteiger partial charge < -0.3 is 9.47 Å². The lowest BCUT2D eigenvalue weighted by molar-refractivity contribution is -0.154. The van der Waals surface area contributed by atoms with Crippen molar-refractivity contribution in [2.24, 2.45) is 0 Å². The van der Waals surface area contributed by atoms with E-state index in [-0.39, 0.29) is 17.9 Å². The quantitative estimate of drug-likeness (QED) is 0.355. The number of aryl methyl sites for hydroxylation is 1. The maximum absolute atomic E-state index is 14.2. The van der Waals surface area contributed by atoms with Crippen LogP contribution < -0.4 is 5.56 Å². The van der Waals surface area contributed by atoms with Crippen LogP contribution in [0, 0.1) is 0 Å². The molecule has 39 heavy (non-hydrogen) atoms. The van der Waals surface area contributed by atoms with Crippen LogP contribution >= 0.6 is 0 Å². The van der Waals surface area contributed by atoms with Gasteiger partial charge in [-0.2, -0.15) is 0 Å². The number of carbonyl (C=O) groups is 2. The number of para-hydroxylation sites is 1. The molecule has 1 aromatic heterocycles. The molecule has 1 aliphatic rings. The standard InChI is InChI=1S/C31H39N3O5/c1-30(2,3)38-25(35)19-11-14-21-13-10-17-23-26(21)28(36)34(22-15-8-7-9-16-22)27(32-23)24-18-12-20-33(24)29(37)39-31(4,5)6/h7-10,13,15-17,24H,11-12,14,18-20H2,1-6H3/t24-/m0/s1. The number of nitrogens with zero attached hydrogens (tertiary/aromatic N) is 3. The molecule has 0 radical (unpaired) electrons. The fraction of sp³-hybridized carbons (Fsp3) is 0.484. The lowest BCUT2D eigenvalue weighted by Gasteiger charge is -2.29. The summed E-state index contributed by atoms with van der Waals surface area (Å²) in [4.78, 5) is 46.2. The first kappa shape index (κ1) is 28.3. The van der Waals surface area contributed by atoms with Gasteiger partial charge in [0, 0.05) is 13.0 Å². The number of carbonyl (C=O) groups excluding carboxylic acids is 2. The molecular formula is C31H39N3O5. The fourth-order valence-electron chi connectivity index (χ4n) is 4.96. The minimum absolute atomic E-state index is 0.190. The summed E-state index contributed by atoms with van der Waals surface area (Å²) in [6.07, 6.45) is 2.41. The van der Waals surface area contributed by atoms with E-state index >= 15 is 0 Å². The zero-order valence-corrected chi connectivity index (χ0v) is 23.8. The van der Waals surface area contributed by atoms with E-state index in [0.717, 1.165) is 12.0 Å². The van der Waals surface area contributed by atoms with Gasteiger partial charge in [-0.1, -0.05) is 30.3 Å². The Balaban J connectivity index is 1.76. The predicted octanol–water partition coefficient (Wildman–Crippen LogP) is 6.12. The van der Waals surface area contributed by atoms with Gasteiger partial charge in [0.05, 0.1) is 22.6 Å². The molecule has 1 fully saturated rings. The highest BCUT2D eigenvalue weighted by Gasteiger charge is 2.36. The number of benzene rings is 2. The van der Waals surface area contributed by atoms with Crippen LogP contribution in [0.3, 0.4) is 0 Å².